The summed E-state index contributed by atoms with van der Waals surface area (Å²) >= 11 is 0. The van der Waals surface area contributed by atoms with Gasteiger partial charge < -0.3 is 14.6 Å². The number of rotatable bonds is 5. The van der Waals surface area contributed by atoms with E-state index in [-0.39, 0.29) is 5.91 Å². The van der Waals surface area contributed by atoms with Crippen LogP contribution in [0.15, 0.2) is 18.6 Å². The average molecular weight is 344 g/mol. The van der Waals surface area contributed by atoms with Crippen LogP contribution in [0.2, 0.25) is 0 Å². The molecule has 1 fully saturated rings. The van der Waals surface area contributed by atoms with E-state index in [2.05, 4.69) is 26.1 Å². The highest BCUT2D eigenvalue weighted by Crippen LogP contribution is 2.18. The zero-order valence-corrected chi connectivity index (χ0v) is 14.5. The van der Waals surface area contributed by atoms with Crippen LogP contribution in [0.3, 0.4) is 0 Å². The van der Waals surface area contributed by atoms with E-state index in [4.69, 9.17) is 9.72 Å². The average Bonchev–Trinajstić information content (AvgIpc) is 3.33. The number of aryl methyl sites for hydroxylation is 1. The van der Waals surface area contributed by atoms with Crippen molar-refractivity contribution in [1.29, 1.82) is 0 Å². The molecular weight excluding hydrogens is 320 g/mol. The Balaban J connectivity index is 1.33. The third-order valence-corrected chi connectivity index (χ3v) is 4.87. The number of hydrogen-bond donors (Lipinski definition) is 1. The van der Waals surface area contributed by atoms with Crippen molar-refractivity contribution in [3.8, 4) is 0 Å². The molecule has 1 N–H and O–H groups in total. The van der Waals surface area contributed by atoms with Gasteiger partial charge in [-0.25, -0.2) is 4.98 Å². The molecule has 1 atom stereocenters. The normalized spacial score (nSPS) is 20.6. The van der Waals surface area contributed by atoms with Crippen LogP contribution < -0.4 is 5.32 Å². The number of fused-ring (bicyclic) bond motifs is 1. The number of aromatic nitrogens is 4. The van der Waals surface area contributed by atoms with Crippen LogP contribution in [0, 0.1) is 5.92 Å². The van der Waals surface area contributed by atoms with Gasteiger partial charge in [-0.2, -0.15) is 5.10 Å². The van der Waals surface area contributed by atoms with Crippen molar-refractivity contribution < 1.29 is 9.53 Å². The highest BCUT2D eigenvalue weighted by Gasteiger charge is 2.23. The summed E-state index contributed by atoms with van der Waals surface area (Å²) in [7, 11) is 1.80. The predicted octanol–water partition coefficient (Wildman–Crippen LogP) is 0.399. The molecule has 1 saturated heterocycles. The maximum Gasteiger partial charge on any atom is 0.254 e. The first-order chi connectivity index (χ1) is 12.2. The minimum atomic E-state index is -0.123. The molecule has 8 nitrogen and oxygen atoms in total. The lowest BCUT2D eigenvalue weighted by Gasteiger charge is -2.29. The number of carbonyl (C=O) groups excluding carboxylic acids is 1. The van der Waals surface area contributed by atoms with E-state index in [0.29, 0.717) is 18.0 Å². The van der Waals surface area contributed by atoms with Crippen molar-refractivity contribution >= 4 is 5.91 Å². The van der Waals surface area contributed by atoms with Gasteiger partial charge in [0.15, 0.2) is 0 Å². The summed E-state index contributed by atoms with van der Waals surface area (Å²) in [5.74, 6) is 1.61. The summed E-state index contributed by atoms with van der Waals surface area (Å²) in [5.41, 5.74) is 1.47. The van der Waals surface area contributed by atoms with Crippen LogP contribution in [0.4, 0.5) is 0 Å². The zero-order valence-electron chi connectivity index (χ0n) is 14.5. The van der Waals surface area contributed by atoms with Gasteiger partial charge >= 0.3 is 0 Å². The number of amides is 1. The fourth-order valence-electron chi connectivity index (χ4n) is 3.51. The molecule has 4 heterocycles. The maximum atomic E-state index is 12.1. The molecule has 0 aromatic carbocycles. The topological polar surface area (TPSA) is 77.2 Å². The van der Waals surface area contributed by atoms with E-state index in [0.717, 1.165) is 57.3 Å². The Kier molecular flexibility index (Phi) is 4.54. The molecule has 0 saturated carbocycles. The van der Waals surface area contributed by atoms with E-state index >= 15 is 0 Å². The van der Waals surface area contributed by atoms with Gasteiger partial charge in [0.05, 0.1) is 37.2 Å². The van der Waals surface area contributed by atoms with Gasteiger partial charge in [0, 0.05) is 45.7 Å². The molecule has 8 heteroatoms. The molecule has 2 aliphatic heterocycles. The second-order valence-electron chi connectivity index (χ2n) is 6.89. The summed E-state index contributed by atoms with van der Waals surface area (Å²) in [6, 6.07) is 0. The summed E-state index contributed by atoms with van der Waals surface area (Å²) in [6.07, 6.45) is 6.49. The third-order valence-electron chi connectivity index (χ3n) is 4.87. The zero-order chi connectivity index (χ0) is 17.2. The Morgan fingerprint density at radius 2 is 2.32 bits per heavy atom. The minimum Gasteiger partial charge on any atom is -0.381 e. The summed E-state index contributed by atoms with van der Waals surface area (Å²) < 4.78 is 9.29. The smallest absolute Gasteiger partial charge is 0.254 e. The first-order valence-electron chi connectivity index (χ1n) is 8.79. The lowest BCUT2D eigenvalue weighted by molar-refractivity contribution is 0.0950. The van der Waals surface area contributed by atoms with E-state index in [1.165, 1.54) is 0 Å². The third kappa shape index (κ3) is 3.74. The molecule has 0 bridgehead atoms. The Bertz CT molecular complexity index is 746. The molecule has 0 spiro atoms. The van der Waals surface area contributed by atoms with Gasteiger partial charge in [-0.1, -0.05) is 0 Å². The Hall–Kier alpha value is -2.19. The molecule has 0 unspecified atom stereocenters. The Morgan fingerprint density at radius 3 is 3.08 bits per heavy atom. The number of nitrogens with zero attached hydrogens (tertiary/aromatic N) is 5. The van der Waals surface area contributed by atoms with Crippen LogP contribution in [-0.2, 0) is 31.4 Å². The second-order valence-corrected chi connectivity index (χ2v) is 6.89. The van der Waals surface area contributed by atoms with Gasteiger partial charge in [0.2, 0.25) is 0 Å². The fraction of sp³-hybridized carbons (Fsp3) is 0.588. The van der Waals surface area contributed by atoms with Gasteiger partial charge in [-0.3, -0.25) is 14.4 Å². The van der Waals surface area contributed by atoms with Crippen LogP contribution in [0.1, 0.15) is 28.3 Å². The number of imidazole rings is 1. The highest BCUT2D eigenvalue weighted by atomic mass is 16.5. The van der Waals surface area contributed by atoms with Gasteiger partial charge in [0.1, 0.15) is 5.82 Å². The largest absolute Gasteiger partial charge is 0.381 e. The maximum absolute atomic E-state index is 12.1. The number of hydrogen-bond acceptors (Lipinski definition) is 5. The first kappa shape index (κ1) is 16.3. The van der Waals surface area contributed by atoms with Crippen molar-refractivity contribution in [3.05, 3.63) is 35.7 Å². The number of ether oxygens (including phenoxy) is 1. The van der Waals surface area contributed by atoms with Crippen molar-refractivity contribution in [2.45, 2.75) is 26.1 Å². The predicted molar refractivity (Wildman–Crippen MR) is 90.8 cm³/mol. The molecule has 2 aliphatic rings. The van der Waals surface area contributed by atoms with Crippen molar-refractivity contribution in [1.82, 2.24) is 29.5 Å². The highest BCUT2D eigenvalue weighted by molar-refractivity contribution is 5.93. The lowest BCUT2D eigenvalue weighted by atomic mass is 10.1. The summed E-state index contributed by atoms with van der Waals surface area (Å²) in [6.45, 7) is 6.16. The van der Waals surface area contributed by atoms with Gasteiger partial charge in [-0.05, 0) is 12.3 Å². The van der Waals surface area contributed by atoms with Crippen LogP contribution >= 0.6 is 0 Å². The number of nitrogens with one attached hydrogen (secondary N) is 1. The van der Waals surface area contributed by atoms with Crippen molar-refractivity contribution in [2.24, 2.45) is 13.0 Å². The SMILES string of the molecule is Cn1cc(C(=O)NCc2cn3c(n2)CN(C[C@@H]2CCOC2)CC3)cn1. The molecular formula is C17H24N6O2. The Morgan fingerprint density at radius 1 is 1.40 bits per heavy atom. The second kappa shape index (κ2) is 6.97. The quantitative estimate of drug-likeness (QED) is 0.850. The first-order valence-corrected chi connectivity index (χ1v) is 8.79. The molecule has 134 valence electrons. The molecule has 1 amide bonds. The van der Waals surface area contributed by atoms with Crippen LogP contribution in [-0.4, -0.2) is 56.4 Å². The minimum absolute atomic E-state index is 0.123. The molecule has 0 aliphatic carbocycles. The fourth-order valence-corrected chi connectivity index (χ4v) is 3.51. The molecule has 2 aromatic rings. The van der Waals surface area contributed by atoms with Gasteiger partial charge in [0.25, 0.3) is 5.91 Å². The standard InChI is InChI=1S/C17H24N6O2/c1-21-9-14(6-19-21)17(24)18-7-15-10-23-4-3-22(11-16(23)20-15)8-13-2-5-25-12-13/h6,9-10,13H,2-5,7-8,11-12H2,1H3,(H,18,24)/t13-/m0/s1. The molecule has 25 heavy (non-hydrogen) atoms. The Labute approximate surface area is 146 Å². The number of carbonyl (C=O) groups is 1. The van der Waals surface area contributed by atoms with E-state index in [9.17, 15) is 4.79 Å². The summed E-state index contributed by atoms with van der Waals surface area (Å²) in [5, 5.41) is 6.93. The lowest BCUT2D eigenvalue weighted by Crippen LogP contribution is -2.37. The molecule has 0 radical (unpaired) electrons. The van der Waals surface area contributed by atoms with Crippen molar-refractivity contribution in [3.63, 3.8) is 0 Å². The molecule has 4 rings (SSSR count). The van der Waals surface area contributed by atoms with Crippen LogP contribution in [0.25, 0.3) is 0 Å². The van der Waals surface area contributed by atoms with Crippen molar-refractivity contribution in [2.75, 3.05) is 26.3 Å². The van der Waals surface area contributed by atoms with Gasteiger partial charge in [-0.15, -0.1) is 0 Å². The summed E-state index contributed by atoms with van der Waals surface area (Å²) in [4.78, 5) is 19.3. The molecule has 2 aromatic heterocycles. The van der Waals surface area contributed by atoms with E-state index in [1.807, 2.05) is 0 Å². The van der Waals surface area contributed by atoms with E-state index in [1.54, 1.807) is 24.1 Å². The van der Waals surface area contributed by atoms with Crippen LogP contribution in [0.5, 0.6) is 0 Å². The van der Waals surface area contributed by atoms with E-state index < -0.39 is 0 Å². The monoisotopic (exact) mass is 344 g/mol.